The van der Waals surface area contributed by atoms with Gasteiger partial charge in [0.15, 0.2) is 12.5 Å². The van der Waals surface area contributed by atoms with Crippen molar-refractivity contribution < 1.29 is 14.4 Å². The highest BCUT2D eigenvalue weighted by Gasteiger charge is 2.21. The van der Waals surface area contributed by atoms with Gasteiger partial charge in [0.2, 0.25) is 0 Å². The van der Waals surface area contributed by atoms with E-state index in [9.17, 15) is 10.1 Å². The van der Waals surface area contributed by atoms with Gasteiger partial charge in [-0.15, -0.1) is 0 Å². The molecule has 1 aromatic carbocycles. The minimum absolute atomic E-state index is 0.0181. The fourth-order valence-corrected chi connectivity index (χ4v) is 1.81. The van der Waals surface area contributed by atoms with Gasteiger partial charge in [0.05, 0.1) is 11.5 Å². The average Bonchev–Trinajstić information content (AvgIpc) is 3.26. The number of rotatable bonds is 9. The Morgan fingerprint density at radius 3 is 2.90 bits per heavy atom. The second-order valence-corrected chi connectivity index (χ2v) is 4.92. The van der Waals surface area contributed by atoms with E-state index in [4.69, 9.17) is 9.47 Å². The van der Waals surface area contributed by atoms with E-state index in [1.54, 1.807) is 12.1 Å². The highest BCUT2D eigenvalue weighted by Crippen LogP contribution is 2.30. The SMILES string of the molecule is CCNCc1ccc(OCOCC2CC2)c([N+](=O)[O-])c1. The van der Waals surface area contributed by atoms with Crippen LogP contribution in [-0.4, -0.2) is 24.9 Å². The van der Waals surface area contributed by atoms with E-state index in [-0.39, 0.29) is 18.2 Å². The van der Waals surface area contributed by atoms with Crippen molar-refractivity contribution in [1.82, 2.24) is 5.32 Å². The van der Waals surface area contributed by atoms with Gasteiger partial charge in [-0.3, -0.25) is 10.1 Å². The molecule has 0 bridgehead atoms. The number of ether oxygens (including phenoxy) is 2. The number of nitrogens with one attached hydrogen (secondary N) is 1. The van der Waals surface area contributed by atoms with E-state index in [1.165, 1.54) is 12.8 Å². The summed E-state index contributed by atoms with van der Waals surface area (Å²) >= 11 is 0. The lowest BCUT2D eigenvalue weighted by atomic mass is 10.2. The van der Waals surface area contributed by atoms with Crippen LogP contribution in [0, 0.1) is 16.0 Å². The minimum Gasteiger partial charge on any atom is -0.460 e. The monoisotopic (exact) mass is 280 g/mol. The molecule has 1 aliphatic carbocycles. The number of hydrogen-bond acceptors (Lipinski definition) is 5. The Morgan fingerprint density at radius 1 is 1.45 bits per heavy atom. The van der Waals surface area contributed by atoms with Crippen LogP contribution in [0.4, 0.5) is 5.69 Å². The summed E-state index contributed by atoms with van der Waals surface area (Å²) in [4.78, 5) is 10.6. The maximum absolute atomic E-state index is 11.1. The molecular weight excluding hydrogens is 260 g/mol. The van der Waals surface area contributed by atoms with Gasteiger partial charge in [-0.2, -0.15) is 0 Å². The molecule has 1 saturated carbocycles. The molecule has 1 aromatic rings. The van der Waals surface area contributed by atoms with Crippen LogP contribution in [0.1, 0.15) is 25.3 Å². The third-order valence-electron chi connectivity index (χ3n) is 3.15. The van der Waals surface area contributed by atoms with E-state index in [0.29, 0.717) is 19.1 Å². The third kappa shape index (κ3) is 4.47. The molecule has 20 heavy (non-hydrogen) atoms. The summed E-state index contributed by atoms with van der Waals surface area (Å²) in [5.41, 5.74) is 0.847. The summed E-state index contributed by atoms with van der Waals surface area (Å²) in [7, 11) is 0. The first-order valence-electron chi connectivity index (χ1n) is 6.89. The predicted octanol–water partition coefficient (Wildman–Crippen LogP) is 2.47. The van der Waals surface area contributed by atoms with E-state index in [0.717, 1.165) is 12.1 Å². The zero-order valence-electron chi connectivity index (χ0n) is 11.6. The van der Waals surface area contributed by atoms with Gasteiger partial charge in [0, 0.05) is 12.6 Å². The number of nitrogens with zero attached hydrogens (tertiary/aromatic N) is 1. The fourth-order valence-electron chi connectivity index (χ4n) is 1.81. The van der Waals surface area contributed by atoms with Crippen LogP contribution >= 0.6 is 0 Å². The average molecular weight is 280 g/mol. The van der Waals surface area contributed by atoms with Crippen LogP contribution in [0.3, 0.4) is 0 Å². The largest absolute Gasteiger partial charge is 0.460 e. The van der Waals surface area contributed by atoms with Crippen molar-refractivity contribution in [1.29, 1.82) is 0 Å². The van der Waals surface area contributed by atoms with Crippen LogP contribution in [0.25, 0.3) is 0 Å². The molecule has 0 aliphatic heterocycles. The molecule has 0 radical (unpaired) electrons. The van der Waals surface area contributed by atoms with Crippen LogP contribution in [0.5, 0.6) is 5.75 Å². The molecule has 6 heteroatoms. The third-order valence-corrected chi connectivity index (χ3v) is 3.15. The number of nitro groups is 1. The Hall–Kier alpha value is -1.66. The molecule has 110 valence electrons. The molecule has 0 heterocycles. The molecule has 1 aliphatic rings. The van der Waals surface area contributed by atoms with Gasteiger partial charge in [-0.25, -0.2) is 0 Å². The van der Waals surface area contributed by atoms with Gasteiger partial charge in [0.1, 0.15) is 0 Å². The Morgan fingerprint density at radius 2 is 2.25 bits per heavy atom. The van der Waals surface area contributed by atoms with Crippen molar-refractivity contribution in [3.8, 4) is 5.75 Å². The van der Waals surface area contributed by atoms with Gasteiger partial charge in [-0.05, 0) is 36.9 Å². The molecule has 0 amide bonds. The lowest BCUT2D eigenvalue weighted by molar-refractivity contribution is -0.386. The maximum Gasteiger partial charge on any atom is 0.311 e. The van der Waals surface area contributed by atoms with Gasteiger partial charge < -0.3 is 14.8 Å². The smallest absolute Gasteiger partial charge is 0.311 e. The van der Waals surface area contributed by atoms with Crippen molar-refractivity contribution in [2.45, 2.75) is 26.3 Å². The Balaban J connectivity index is 1.92. The topological polar surface area (TPSA) is 73.6 Å². The highest BCUT2D eigenvalue weighted by atomic mass is 16.7. The summed E-state index contributed by atoms with van der Waals surface area (Å²) in [6.07, 6.45) is 2.42. The van der Waals surface area contributed by atoms with E-state index in [2.05, 4.69) is 5.32 Å². The van der Waals surface area contributed by atoms with Crippen molar-refractivity contribution in [3.63, 3.8) is 0 Å². The van der Waals surface area contributed by atoms with Crippen LogP contribution in [0.15, 0.2) is 18.2 Å². The molecule has 0 atom stereocenters. The Bertz CT molecular complexity index is 460. The number of hydrogen-bond donors (Lipinski definition) is 1. The predicted molar refractivity (Wildman–Crippen MR) is 74.6 cm³/mol. The van der Waals surface area contributed by atoms with Crippen LogP contribution in [0.2, 0.25) is 0 Å². The maximum atomic E-state index is 11.1. The van der Waals surface area contributed by atoms with Gasteiger partial charge >= 0.3 is 5.69 Å². The molecule has 0 aromatic heterocycles. The van der Waals surface area contributed by atoms with Crippen LogP contribution < -0.4 is 10.1 Å². The Kier molecular flexibility index (Phi) is 5.31. The summed E-state index contributed by atoms with van der Waals surface area (Å²) in [6, 6.07) is 5.00. The first-order valence-corrected chi connectivity index (χ1v) is 6.89. The molecule has 2 rings (SSSR count). The lowest BCUT2D eigenvalue weighted by Crippen LogP contribution is -2.12. The van der Waals surface area contributed by atoms with Crippen molar-refractivity contribution >= 4 is 5.69 Å². The molecule has 0 spiro atoms. The number of benzene rings is 1. The molecule has 0 saturated heterocycles. The van der Waals surface area contributed by atoms with Crippen molar-refractivity contribution in [2.75, 3.05) is 19.9 Å². The molecule has 1 N–H and O–H groups in total. The van der Waals surface area contributed by atoms with Crippen molar-refractivity contribution in [2.24, 2.45) is 5.92 Å². The van der Waals surface area contributed by atoms with Crippen LogP contribution in [-0.2, 0) is 11.3 Å². The molecule has 0 unspecified atom stereocenters. The molecule has 1 fully saturated rings. The van der Waals surface area contributed by atoms with Gasteiger partial charge in [0.25, 0.3) is 0 Å². The first-order chi connectivity index (χ1) is 9.70. The summed E-state index contributed by atoms with van der Waals surface area (Å²) in [6.45, 7) is 4.15. The molecule has 6 nitrogen and oxygen atoms in total. The zero-order chi connectivity index (χ0) is 14.4. The highest BCUT2D eigenvalue weighted by molar-refractivity contribution is 5.48. The Labute approximate surface area is 118 Å². The summed E-state index contributed by atoms with van der Waals surface area (Å²) in [5, 5.41) is 14.2. The van der Waals surface area contributed by atoms with E-state index >= 15 is 0 Å². The quantitative estimate of drug-likeness (QED) is 0.325. The standard InChI is InChI=1S/C14H20N2O4/c1-2-15-8-12-5-6-14(13(7-12)16(17)18)20-10-19-9-11-3-4-11/h5-7,11,15H,2-4,8-10H2,1H3. The second kappa shape index (κ2) is 7.21. The minimum atomic E-state index is -0.425. The second-order valence-electron chi connectivity index (χ2n) is 4.92. The zero-order valence-corrected chi connectivity index (χ0v) is 11.6. The van der Waals surface area contributed by atoms with E-state index in [1.807, 2.05) is 13.0 Å². The normalized spacial score (nSPS) is 14.2. The van der Waals surface area contributed by atoms with E-state index < -0.39 is 4.92 Å². The fraction of sp³-hybridized carbons (Fsp3) is 0.571. The summed E-state index contributed by atoms with van der Waals surface area (Å²) < 4.78 is 10.7. The lowest BCUT2D eigenvalue weighted by Gasteiger charge is -2.09. The van der Waals surface area contributed by atoms with Crippen molar-refractivity contribution in [3.05, 3.63) is 33.9 Å². The first kappa shape index (κ1) is 14.7. The van der Waals surface area contributed by atoms with Gasteiger partial charge in [-0.1, -0.05) is 13.0 Å². The molecular formula is C14H20N2O4. The summed E-state index contributed by atoms with van der Waals surface area (Å²) in [5.74, 6) is 0.905. The number of nitro benzene ring substituents is 1.